The summed E-state index contributed by atoms with van der Waals surface area (Å²) in [4.78, 5) is 14.3. The number of anilines is 2. The molecule has 0 saturated carbocycles. The molecule has 0 atom stereocenters. The Morgan fingerprint density at radius 1 is 1.58 bits per heavy atom. The Balaban J connectivity index is 3.16. The van der Waals surface area contributed by atoms with Crippen molar-refractivity contribution in [3.63, 3.8) is 0 Å². The summed E-state index contributed by atoms with van der Waals surface area (Å²) in [5, 5.41) is 12.7. The van der Waals surface area contributed by atoms with Gasteiger partial charge in [0.15, 0.2) is 0 Å². The van der Waals surface area contributed by atoms with Crippen LogP contribution in [-0.4, -0.2) is 26.0 Å². The lowest BCUT2D eigenvalue weighted by molar-refractivity contribution is 0.0960. The van der Waals surface area contributed by atoms with Crippen molar-refractivity contribution in [3.8, 4) is 6.07 Å². The molecule has 0 unspecified atom stereocenters. The highest BCUT2D eigenvalue weighted by Gasteiger charge is 2.22. The maximum atomic E-state index is 11.9. The van der Waals surface area contributed by atoms with Crippen LogP contribution < -0.4 is 16.0 Å². The fourth-order valence-corrected chi connectivity index (χ4v) is 2.91. The number of nitrogens with zero attached hydrogens (tertiary/aromatic N) is 2. The number of nitrogen functional groups attached to an aromatic ring is 1. The van der Waals surface area contributed by atoms with Gasteiger partial charge in [-0.2, -0.15) is 5.26 Å². The smallest absolute Gasteiger partial charge is 0.263 e. The van der Waals surface area contributed by atoms with Crippen LogP contribution in [0.2, 0.25) is 0 Å². The average molecular weight is 280 g/mol. The molecule has 0 saturated heterocycles. The van der Waals surface area contributed by atoms with E-state index in [0.29, 0.717) is 22.9 Å². The van der Waals surface area contributed by atoms with Gasteiger partial charge in [-0.05, 0) is 12.8 Å². The molecule has 1 rings (SSSR count). The van der Waals surface area contributed by atoms with E-state index in [9.17, 15) is 10.1 Å². The normalized spacial score (nSPS) is 10.3. The lowest BCUT2D eigenvalue weighted by Gasteiger charge is -2.19. The van der Waals surface area contributed by atoms with Crippen molar-refractivity contribution in [2.75, 3.05) is 30.8 Å². The zero-order valence-electron chi connectivity index (χ0n) is 11.8. The van der Waals surface area contributed by atoms with Gasteiger partial charge in [0.25, 0.3) is 5.91 Å². The molecule has 0 fully saturated rings. The van der Waals surface area contributed by atoms with Crippen LogP contribution >= 0.6 is 11.3 Å². The minimum Gasteiger partial charge on any atom is -0.396 e. The fourth-order valence-electron chi connectivity index (χ4n) is 1.85. The Morgan fingerprint density at radius 2 is 2.21 bits per heavy atom. The Kier molecular flexibility index (Phi) is 5.19. The van der Waals surface area contributed by atoms with Crippen molar-refractivity contribution in [1.29, 1.82) is 5.26 Å². The third-order valence-electron chi connectivity index (χ3n) is 2.57. The molecule has 1 amide bonds. The number of nitriles is 1. The minimum atomic E-state index is -0.217. The summed E-state index contributed by atoms with van der Waals surface area (Å²) in [6.07, 6.45) is 0. The molecule has 104 valence electrons. The Morgan fingerprint density at radius 3 is 2.68 bits per heavy atom. The van der Waals surface area contributed by atoms with Gasteiger partial charge in [-0.3, -0.25) is 4.79 Å². The summed E-state index contributed by atoms with van der Waals surface area (Å²) in [7, 11) is 1.91. The molecule has 0 aliphatic carbocycles. The maximum Gasteiger partial charge on any atom is 0.263 e. The SMILES string of the molecule is CCNC(=O)c1sc(N(C)CC(C)C)c(C#N)c1N. The molecule has 3 N–H and O–H groups in total. The molecule has 19 heavy (non-hydrogen) atoms. The van der Waals surface area contributed by atoms with Crippen molar-refractivity contribution >= 4 is 27.9 Å². The molecule has 0 aliphatic rings. The number of carbonyl (C=O) groups is 1. The van der Waals surface area contributed by atoms with Crippen LogP contribution in [0.25, 0.3) is 0 Å². The first kappa shape index (κ1) is 15.3. The van der Waals surface area contributed by atoms with Crippen LogP contribution in [0.15, 0.2) is 0 Å². The van der Waals surface area contributed by atoms with Crippen molar-refractivity contribution in [3.05, 3.63) is 10.4 Å². The van der Waals surface area contributed by atoms with E-state index >= 15 is 0 Å². The number of nitrogens with two attached hydrogens (primary N) is 1. The molecular weight excluding hydrogens is 260 g/mol. The van der Waals surface area contributed by atoms with E-state index in [2.05, 4.69) is 25.2 Å². The van der Waals surface area contributed by atoms with Crippen LogP contribution in [-0.2, 0) is 0 Å². The van der Waals surface area contributed by atoms with Gasteiger partial charge in [0, 0.05) is 20.1 Å². The minimum absolute atomic E-state index is 0.217. The lowest BCUT2D eigenvalue weighted by Crippen LogP contribution is -2.22. The predicted octanol–water partition coefficient (Wildman–Crippen LogP) is 2.04. The maximum absolute atomic E-state index is 11.9. The second kappa shape index (κ2) is 6.43. The third-order valence-corrected chi connectivity index (χ3v) is 3.89. The molecule has 1 heterocycles. The molecule has 0 radical (unpaired) electrons. The molecule has 5 nitrogen and oxygen atoms in total. The second-order valence-corrected chi connectivity index (χ2v) is 5.77. The van der Waals surface area contributed by atoms with Gasteiger partial charge in [-0.25, -0.2) is 0 Å². The highest BCUT2D eigenvalue weighted by atomic mass is 32.1. The summed E-state index contributed by atoms with van der Waals surface area (Å²) >= 11 is 1.28. The monoisotopic (exact) mass is 280 g/mol. The summed E-state index contributed by atoms with van der Waals surface area (Å²) in [6, 6.07) is 2.10. The van der Waals surface area contributed by atoms with Gasteiger partial charge in [-0.15, -0.1) is 11.3 Å². The average Bonchev–Trinajstić information content (AvgIpc) is 2.65. The number of hydrogen-bond acceptors (Lipinski definition) is 5. The van der Waals surface area contributed by atoms with E-state index in [1.807, 2.05) is 18.9 Å². The standard InChI is InChI=1S/C13H20N4OS/c1-5-16-12(18)11-10(15)9(6-14)13(19-11)17(4)7-8(2)3/h8H,5,7,15H2,1-4H3,(H,16,18). The molecule has 6 heteroatoms. The number of nitrogens with one attached hydrogen (secondary N) is 1. The quantitative estimate of drug-likeness (QED) is 0.864. The lowest BCUT2D eigenvalue weighted by atomic mass is 10.2. The predicted molar refractivity (Wildman–Crippen MR) is 79.6 cm³/mol. The highest BCUT2D eigenvalue weighted by Crippen LogP contribution is 2.37. The molecule has 1 aromatic heterocycles. The zero-order chi connectivity index (χ0) is 14.6. The third kappa shape index (κ3) is 3.38. The Bertz CT molecular complexity index is 501. The van der Waals surface area contributed by atoms with Gasteiger partial charge in [0.05, 0.1) is 5.69 Å². The summed E-state index contributed by atoms with van der Waals surface area (Å²) < 4.78 is 0. The van der Waals surface area contributed by atoms with Crippen molar-refractivity contribution in [1.82, 2.24) is 5.32 Å². The number of rotatable bonds is 5. The fraction of sp³-hybridized carbons (Fsp3) is 0.538. The second-order valence-electron chi connectivity index (χ2n) is 4.77. The first-order valence-electron chi connectivity index (χ1n) is 6.24. The Labute approximate surface area is 118 Å². The van der Waals surface area contributed by atoms with E-state index in [4.69, 9.17) is 5.73 Å². The van der Waals surface area contributed by atoms with E-state index in [1.165, 1.54) is 11.3 Å². The van der Waals surface area contributed by atoms with Crippen LogP contribution in [0.5, 0.6) is 0 Å². The highest BCUT2D eigenvalue weighted by molar-refractivity contribution is 7.19. The molecule has 1 aromatic rings. The van der Waals surface area contributed by atoms with Gasteiger partial charge in [-0.1, -0.05) is 13.8 Å². The Hall–Kier alpha value is -1.74. The van der Waals surface area contributed by atoms with Crippen LogP contribution in [0.1, 0.15) is 36.0 Å². The van der Waals surface area contributed by atoms with Crippen molar-refractivity contribution < 1.29 is 4.79 Å². The van der Waals surface area contributed by atoms with Gasteiger partial charge in [0.2, 0.25) is 0 Å². The number of amides is 1. The largest absolute Gasteiger partial charge is 0.396 e. The molecular formula is C13H20N4OS. The van der Waals surface area contributed by atoms with Crippen LogP contribution in [0.4, 0.5) is 10.7 Å². The van der Waals surface area contributed by atoms with E-state index < -0.39 is 0 Å². The summed E-state index contributed by atoms with van der Waals surface area (Å²) in [6.45, 7) is 7.39. The first-order chi connectivity index (χ1) is 8.92. The summed E-state index contributed by atoms with van der Waals surface area (Å²) in [5.74, 6) is 0.249. The van der Waals surface area contributed by atoms with Crippen LogP contribution in [0.3, 0.4) is 0 Å². The number of hydrogen-bond donors (Lipinski definition) is 2. The van der Waals surface area contributed by atoms with Gasteiger partial charge in [0.1, 0.15) is 21.5 Å². The van der Waals surface area contributed by atoms with Gasteiger partial charge >= 0.3 is 0 Å². The molecule has 0 aliphatic heterocycles. The van der Waals surface area contributed by atoms with Crippen molar-refractivity contribution in [2.45, 2.75) is 20.8 Å². The first-order valence-corrected chi connectivity index (χ1v) is 7.05. The summed E-state index contributed by atoms with van der Waals surface area (Å²) in [5.41, 5.74) is 6.59. The van der Waals surface area contributed by atoms with E-state index in [1.54, 1.807) is 0 Å². The molecule has 0 bridgehead atoms. The van der Waals surface area contributed by atoms with Crippen molar-refractivity contribution in [2.24, 2.45) is 5.92 Å². The number of carbonyl (C=O) groups excluding carboxylic acids is 1. The topological polar surface area (TPSA) is 82.2 Å². The molecule has 0 aromatic carbocycles. The van der Waals surface area contributed by atoms with E-state index in [-0.39, 0.29) is 11.6 Å². The van der Waals surface area contributed by atoms with E-state index in [0.717, 1.165) is 11.5 Å². The van der Waals surface area contributed by atoms with Crippen LogP contribution in [0, 0.1) is 17.2 Å². The van der Waals surface area contributed by atoms with Gasteiger partial charge < -0.3 is 16.0 Å². The zero-order valence-corrected chi connectivity index (χ0v) is 12.6. The molecule has 0 spiro atoms. The number of thiophene rings is 1.